The van der Waals surface area contributed by atoms with Crippen LogP contribution in [0.2, 0.25) is 0 Å². The van der Waals surface area contributed by atoms with E-state index >= 15 is 0 Å². The summed E-state index contributed by atoms with van der Waals surface area (Å²) >= 11 is 0. The van der Waals surface area contributed by atoms with Gasteiger partial charge in [0, 0.05) is 10.9 Å². The second kappa shape index (κ2) is 6.98. The lowest BCUT2D eigenvalue weighted by Crippen LogP contribution is -2.24. The number of benzene rings is 3. The molecule has 26 heavy (non-hydrogen) atoms. The first kappa shape index (κ1) is 16.3. The minimum atomic E-state index is -0.174. The molecule has 0 aliphatic rings. The van der Waals surface area contributed by atoms with E-state index in [1.54, 1.807) is 4.57 Å². The van der Waals surface area contributed by atoms with Crippen molar-refractivity contribution in [1.29, 1.82) is 0 Å². The number of aliphatic hydroxyl groups excluding tert-OH is 1. The minimum Gasteiger partial charge on any atom is -0.392 e. The highest BCUT2D eigenvalue weighted by Gasteiger charge is 2.17. The van der Waals surface area contributed by atoms with E-state index in [-0.39, 0.29) is 12.2 Å². The molecule has 3 aromatic carbocycles. The van der Waals surface area contributed by atoms with Gasteiger partial charge in [0.05, 0.1) is 24.2 Å². The molecule has 4 aromatic rings. The SMILES string of the molecule is O=c1c(-c2ccccc2)c(CO)c2ccccc2n1Cc1ccccc1. The van der Waals surface area contributed by atoms with Gasteiger partial charge in [-0.1, -0.05) is 78.9 Å². The van der Waals surface area contributed by atoms with Crippen LogP contribution in [0.4, 0.5) is 0 Å². The van der Waals surface area contributed by atoms with Crippen molar-refractivity contribution in [3.05, 3.63) is 106 Å². The Bertz CT molecular complexity index is 1100. The van der Waals surface area contributed by atoms with Gasteiger partial charge in [-0.05, 0) is 17.2 Å². The number of para-hydroxylation sites is 1. The van der Waals surface area contributed by atoms with Gasteiger partial charge in [0.25, 0.3) is 5.56 Å². The summed E-state index contributed by atoms with van der Waals surface area (Å²) in [5, 5.41) is 10.9. The molecule has 0 aliphatic heterocycles. The molecule has 0 atom stereocenters. The second-order valence-corrected chi connectivity index (χ2v) is 6.27. The Morgan fingerprint density at radius 2 is 1.38 bits per heavy atom. The Morgan fingerprint density at radius 1 is 0.769 bits per heavy atom. The summed E-state index contributed by atoms with van der Waals surface area (Å²) in [6, 6.07) is 27.3. The Balaban J connectivity index is 2.05. The molecule has 1 heterocycles. The number of hydrogen-bond donors (Lipinski definition) is 1. The van der Waals surface area contributed by atoms with Gasteiger partial charge < -0.3 is 9.67 Å². The fraction of sp³-hybridized carbons (Fsp3) is 0.0870. The van der Waals surface area contributed by atoms with Crippen LogP contribution < -0.4 is 5.56 Å². The van der Waals surface area contributed by atoms with Gasteiger partial charge in [0.2, 0.25) is 0 Å². The second-order valence-electron chi connectivity index (χ2n) is 6.27. The monoisotopic (exact) mass is 341 g/mol. The van der Waals surface area contributed by atoms with Crippen LogP contribution in [0.3, 0.4) is 0 Å². The third kappa shape index (κ3) is 2.83. The van der Waals surface area contributed by atoms with Crippen molar-refractivity contribution in [3.63, 3.8) is 0 Å². The number of rotatable bonds is 4. The van der Waals surface area contributed by atoms with Gasteiger partial charge in [-0.3, -0.25) is 4.79 Å². The molecule has 1 aromatic heterocycles. The maximum Gasteiger partial charge on any atom is 0.259 e. The van der Waals surface area contributed by atoms with Crippen LogP contribution in [0.15, 0.2) is 89.7 Å². The van der Waals surface area contributed by atoms with Crippen LogP contribution in [0.25, 0.3) is 22.0 Å². The van der Waals surface area contributed by atoms with Crippen LogP contribution in [-0.2, 0) is 13.2 Å². The molecular weight excluding hydrogens is 322 g/mol. The molecule has 0 radical (unpaired) electrons. The van der Waals surface area contributed by atoms with E-state index in [0.29, 0.717) is 17.7 Å². The van der Waals surface area contributed by atoms with Crippen LogP contribution >= 0.6 is 0 Å². The lowest BCUT2D eigenvalue weighted by molar-refractivity contribution is 0.283. The molecule has 0 saturated carbocycles. The lowest BCUT2D eigenvalue weighted by Gasteiger charge is -2.17. The highest BCUT2D eigenvalue weighted by molar-refractivity contribution is 5.89. The Morgan fingerprint density at radius 3 is 2.08 bits per heavy atom. The third-order valence-corrected chi connectivity index (χ3v) is 4.68. The largest absolute Gasteiger partial charge is 0.392 e. The van der Waals surface area contributed by atoms with Gasteiger partial charge in [-0.2, -0.15) is 0 Å². The standard InChI is InChI=1S/C23H19NO2/c25-16-20-19-13-7-8-14-21(19)24(15-17-9-3-1-4-10-17)23(26)22(20)18-11-5-2-6-12-18/h1-14,25H,15-16H2. The molecule has 1 N–H and O–H groups in total. The summed E-state index contributed by atoms with van der Waals surface area (Å²) in [4.78, 5) is 13.4. The first-order chi connectivity index (χ1) is 12.8. The fourth-order valence-electron chi connectivity index (χ4n) is 3.46. The van der Waals surface area contributed by atoms with Crippen molar-refractivity contribution in [2.24, 2.45) is 0 Å². The average molecular weight is 341 g/mol. The number of nitrogens with zero attached hydrogens (tertiary/aromatic N) is 1. The van der Waals surface area contributed by atoms with E-state index in [1.165, 1.54) is 0 Å². The van der Waals surface area contributed by atoms with E-state index in [2.05, 4.69) is 0 Å². The van der Waals surface area contributed by atoms with E-state index in [9.17, 15) is 9.90 Å². The van der Waals surface area contributed by atoms with Crippen molar-refractivity contribution in [3.8, 4) is 11.1 Å². The molecule has 128 valence electrons. The number of aromatic nitrogens is 1. The Labute approximate surface area is 151 Å². The lowest BCUT2D eigenvalue weighted by atomic mass is 9.97. The Hall–Kier alpha value is -3.17. The maximum absolute atomic E-state index is 13.4. The Kier molecular flexibility index (Phi) is 4.38. The number of aliphatic hydroxyl groups is 1. The molecule has 0 bridgehead atoms. The van der Waals surface area contributed by atoms with E-state index < -0.39 is 0 Å². The third-order valence-electron chi connectivity index (χ3n) is 4.68. The fourth-order valence-corrected chi connectivity index (χ4v) is 3.46. The molecule has 0 spiro atoms. The highest BCUT2D eigenvalue weighted by Crippen LogP contribution is 2.27. The van der Waals surface area contributed by atoms with E-state index in [4.69, 9.17) is 0 Å². The van der Waals surface area contributed by atoms with Crippen molar-refractivity contribution in [2.45, 2.75) is 13.2 Å². The minimum absolute atomic E-state index is 0.0807. The smallest absolute Gasteiger partial charge is 0.259 e. The molecule has 3 heteroatoms. The summed E-state index contributed by atoms with van der Waals surface area (Å²) in [5.74, 6) is 0. The van der Waals surface area contributed by atoms with Crippen molar-refractivity contribution < 1.29 is 5.11 Å². The highest BCUT2D eigenvalue weighted by atomic mass is 16.3. The molecule has 0 amide bonds. The van der Waals surface area contributed by atoms with Crippen LogP contribution in [0.5, 0.6) is 0 Å². The van der Waals surface area contributed by atoms with Crippen molar-refractivity contribution in [2.75, 3.05) is 0 Å². The number of hydrogen-bond acceptors (Lipinski definition) is 2. The maximum atomic E-state index is 13.4. The van der Waals surface area contributed by atoms with E-state index in [0.717, 1.165) is 22.0 Å². The summed E-state index contributed by atoms with van der Waals surface area (Å²) < 4.78 is 1.80. The molecule has 0 fully saturated rings. The molecule has 0 unspecified atom stereocenters. The average Bonchev–Trinajstić information content (AvgIpc) is 2.71. The van der Waals surface area contributed by atoms with Gasteiger partial charge in [0.1, 0.15) is 0 Å². The predicted molar refractivity (Wildman–Crippen MR) is 105 cm³/mol. The summed E-state index contributed by atoms with van der Waals surface area (Å²) in [7, 11) is 0. The molecule has 0 saturated heterocycles. The summed E-state index contributed by atoms with van der Waals surface area (Å²) in [6.07, 6.45) is 0. The van der Waals surface area contributed by atoms with Crippen LogP contribution in [-0.4, -0.2) is 9.67 Å². The van der Waals surface area contributed by atoms with Gasteiger partial charge in [0.15, 0.2) is 0 Å². The zero-order valence-corrected chi connectivity index (χ0v) is 14.3. The van der Waals surface area contributed by atoms with Crippen LogP contribution in [0.1, 0.15) is 11.1 Å². The quantitative estimate of drug-likeness (QED) is 0.604. The van der Waals surface area contributed by atoms with Gasteiger partial charge in [-0.25, -0.2) is 0 Å². The summed E-state index contributed by atoms with van der Waals surface area (Å²) in [5.41, 5.74) is 3.90. The zero-order chi connectivity index (χ0) is 17.9. The van der Waals surface area contributed by atoms with E-state index in [1.807, 2.05) is 84.9 Å². The van der Waals surface area contributed by atoms with Crippen molar-refractivity contribution in [1.82, 2.24) is 4.57 Å². The number of pyridine rings is 1. The van der Waals surface area contributed by atoms with Gasteiger partial charge >= 0.3 is 0 Å². The molecule has 3 nitrogen and oxygen atoms in total. The predicted octanol–water partition coefficient (Wildman–Crippen LogP) is 4.21. The van der Waals surface area contributed by atoms with Crippen LogP contribution in [0, 0.1) is 0 Å². The number of fused-ring (bicyclic) bond motifs is 1. The summed E-state index contributed by atoms with van der Waals surface area (Å²) in [6.45, 7) is 0.317. The first-order valence-corrected chi connectivity index (χ1v) is 8.64. The zero-order valence-electron chi connectivity index (χ0n) is 14.3. The first-order valence-electron chi connectivity index (χ1n) is 8.64. The normalized spacial score (nSPS) is 11.0. The van der Waals surface area contributed by atoms with Gasteiger partial charge in [-0.15, -0.1) is 0 Å². The topological polar surface area (TPSA) is 42.2 Å². The van der Waals surface area contributed by atoms with Crippen molar-refractivity contribution >= 4 is 10.9 Å². The molecule has 0 aliphatic carbocycles. The molecule has 4 rings (SSSR count). The molecular formula is C23H19NO2.